The Morgan fingerprint density at radius 1 is 1.00 bits per heavy atom. The van der Waals surface area contributed by atoms with Gasteiger partial charge < -0.3 is 20.5 Å². The second kappa shape index (κ2) is 9.17. The zero-order valence-electron chi connectivity index (χ0n) is 17.7. The van der Waals surface area contributed by atoms with Crippen molar-refractivity contribution < 1.29 is 33.0 Å². The van der Waals surface area contributed by atoms with Crippen molar-refractivity contribution in [3.63, 3.8) is 0 Å². The van der Waals surface area contributed by atoms with Crippen LogP contribution in [0.1, 0.15) is 36.3 Å². The maximum atomic E-state index is 14.2. The van der Waals surface area contributed by atoms with Crippen LogP contribution in [0.3, 0.4) is 0 Å². The highest BCUT2D eigenvalue weighted by molar-refractivity contribution is 5.85. The number of fused-ring (bicyclic) bond motifs is 3. The highest BCUT2D eigenvalue weighted by Crippen LogP contribution is 2.44. The average molecular weight is 458 g/mol. The lowest BCUT2D eigenvalue weighted by Crippen LogP contribution is -2.50. The molecule has 1 saturated carbocycles. The Bertz CT molecular complexity index is 1030. The second-order valence-electron chi connectivity index (χ2n) is 8.40. The van der Waals surface area contributed by atoms with E-state index in [9.17, 15) is 23.2 Å². The Balaban J connectivity index is 1.29. The lowest BCUT2D eigenvalue weighted by molar-refractivity contribution is -0.146. The van der Waals surface area contributed by atoms with Crippen LogP contribution in [0.5, 0.6) is 0 Å². The fraction of sp³-hybridized carbons (Fsp3) is 0.375. The third-order valence-corrected chi connectivity index (χ3v) is 6.25. The van der Waals surface area contributed by atoms with Crippen LogP contribution in [0.15, 0.2) is 48.5 Å². The van der Waals surface area contributed by atoms with Crippen LogP contribution >= 0.6 is 0 Å². The number of alkyl halides is 2. The number of alkyl carbamates (subject to hydrolysis) is 1. The number of rotatable bonds is 7. The summed E-state index contributed by atoms with van der Waals surface area (Å²) in [6.07, 6.45) is -0.296. The lowest BCUT2D eigenvalue weighted by Gasteiger charge is -2.20. The van der Waals surface area contributed by atoms with Gasteiger partial charge in [0, 0.05) is 12.0 Å². The van der Waals surface area contributed by atoms with Crippen molar-refractivity contribution in [1.29, 1.82) is 0 Å². The fourth-order valence-corrected chi connectivity index (χ4v) is 4.54. The normalized spacial score (nSPS) is 19.5. The number of carboxylic acid groups (broad SMARTS) is 1. The van der Waals surface area contributed by atoms with Crippen molar-refractivity contribution in [2.45, 2.75) is 37.1 Å². The van der Waals surface area contributed by atoms with E-state index in [1.165, 1.54) is 0 Å². The van der Waals surface area contributed by atoms with Crippen LogP contribution in [0.4, 0.5) is 13.6 Å². The Hall–Kier alpha value is -3.49. The lowest BCUT2D eigenvalue weighted by atomic mass is 9.98. The van der Waals surface area contributed by atoms with Gasteiger partial charge in [0.25, 0.3) is 5.91 Å². The summed E-state index contributed by atoms with van der Waals surface area (Å²) in [4.78, 5) is 35.0. The molecule has 2 aromatic carbocycles. The van der Waals surface area contributed by atoms with Gasteiger partial charge in [0.05, 0.1) is 12.5 Å². The molecule has 2 aliphatic carbocycles. The number of ether oxygens (including phenoxy) is 1. The molecule has 7 nitrogen and oxygen atoms in total. The van der Waals surface area contributed by atoms with Crippen LogP contribution in [0.25, 0.3) is 11.1 Å². The molecule has 2 unspecified atom stereocenters. The molecule has 33 heavy (non-hydrogen) atoms. The molecule has 0 heterocycles. The monoisotopic (exact) mass is 458 g/mol. The van der Waals surface area contributed by atoms with E-state index in [1.54, 1.807) is 0 Å². The van der Waals surface area contributed by atoms with Gasteiger partial charge in [0.15, 0.2) is 0 Å². The van der Waals surface area contributed by atoms with Crippen molar-refractivity contribution >= 4 is 18.0 Å². The minimum atomic E-state index is -3.85. The van der Waals surface area contributed by atoms with Gasteiger partial charge in [-0.15, -0.1) is 0 Å². The zero-order valence-corrected chi connectivity index (χ0v) is 17.7. The summed E-state index contributed by atoms with van der Waals surface area (Å²) in [5.74, 6) is -7.26. The molecule has 0 spiro atoms. The fourth-order valence-electron chi connectivity index (χ4n) is 4.54. The smallest absolute Gasteiger partial charge is 0.407 e. The van der Waals surface area contributed by atoms with E-state index in [-0.39, 0.29) is 18.9 Å². The van der Waals surface area contributed by atoms with Gasteiger partial charge in [-0.05, 0) is 41.5 Å². The number of aliphatic carboxylic acids is 1. The molecule has 2 aromatic rings. The molecule has 3 N–H and O–H groups in total. The molecule has 1 fully saturated rings. The zero-order chi connectivity index (χ0) is 23.6. The van der Waals surface area contributed by atoms with Gasteiger partial charge in [-0.2, -0.15) is 8.78 Å². The SMILES string of the molecule is O=C(NCC(F)(F)C(=O)NC1CCC(C(=O)O)C1)OCC1c2ccccc2-c2ccccc21. The van der Waals surface area contributed by atoms with Crippen molar-refractivity contribution in [3.8, 4) is 11.1 Å². The second-order valence-corrected chi connectivity index (χ2v) is 8.40. The van der Waals surface area contributed by atoms with Gasteiger partial charge >= 0.3 is 18.0 Å². The van der Waals surface area contributed by atoms with Crippen LogP contribution in [-0.4, -0.2) is 48.2 Å². The summed E-state index contributed by atoms with van der Waals surface area (Å²) in [6, 6.07) is 14.8. The van der Waals surface area contributed by atoms with Gasteiger partial charge in [-0.1, -0.05) is 48.5 Å². The van der Waals surface area contributed by atoms with Gasteiger partial charge in [-0.25, -0.2) is 4.79 Å². The standard InChI is InChI=1S/C24H24F2N2O5/c25-24(26,22(31)28-15-10-9-14(11-15)21(29)30)13-27-23(32)33-12-20-18-7-3-1-5-16(18)17-6-2-4-8-19(17)20/h1-8,14-15,20H,9-13H2,(H,27,32)(H,28,31)(H,29,30). The Labute approximate surface area is 189 Å². The summed E-state index contributed by atoms with van der Waals surface area (Å²) in [6.45, 7) is -1.25. The molecule has 0 saturated heterocycles. The van der Waals surface area contributed by atoms with Crippen molar-refractivity contribution in [1.82, 2.24) is 10.6 Å². The first-order chi connectivity index (χ1) is 15.8. The van der Waals surface area contributed by atoms with E-state index in [2.05, 4.69) is 5.32 Å². The Morgan fingerprint density at radius 2 is 1.61 bits per heavy atom. The number of amides is 2. The summed E-state index contributed by atoms with van der Waals surface area (Å²) in [5, 5.41) is 13.1. The third-order valence-electron chi connectivity index (χ3n) is 6.25. The number of carbonyl (C=O) groups is 3. The molecule has 2 amide bonds. The summed E-state index contributed by atoms with van der Waals surface area (Å²) in [7, 11) is 0. The highest BCUT2D eigenvalue weighted by atomic mass is 19.3. The quantitative estimate of drug-likeness (QED) is 0.589. The van der Waals surface area contributed by atoms with E-state index in [1.807, 2.05) is 53.8 Å². The van der Waals surface area contributed by atoms with Crippen LogP contribution in [-0.2, 0) is 14.3 Å². The highest BCUT2D eigenvalue weighted by Gasteiger charge is 2.42. The summed E-state index contributed by atoms with van der Waals surface area (Å²) in [5.41, 5.74) is 4.07. The van der Waals surface area contributed by atoms with Crippen LogP contribution in [0, 0.1) is 5.92 Å². The predicted octanol–water partition coefficient (Wildman–Crippen LogP) is 3.53. The minimum absolute atomic E-state index is 0.0315. The van der Waals surface area contributed by atoms with Gasteiger partial charge in [0.1, 0.15) is 6.61 Å². The minimum Gasteiger partial charge on any atom is -0.481 e. The molecule has 0 bridgehead atoms. The van der Waals surface area contributed by atoms with Crippen molar-refractivity contribution in [3.05, 3.63) is 59.7 Å². The number of nitrogens with one attached hydrogen (secondary N) is 2. The molecule has 4 rings (SSSR count). The van der Waals surface area contributed by atoms with Crippen molar-refractivity contribution in [2.24, 2.45) is 5.92 Å². The summed E-state index contributed by atoms with van der Waals surface area (Å²) >= 11 is 0. The first kappa shape index (κ1) is 22.7. The molecular weight excluding hydrogens is 434 g/mol. The summed E-state index contributed by atoms with van der Waals surface area (Å²) < 4.78 is 33.7. The molecular formula is C24H24F2N2O5. The first-order valence-electron chi connectivity index (χ1n) is 10.8. The van der Waals surface area contributed by atoms with E-state index in [4.69, 9.17) is 9.84 Å². The maximum Gasteiger partial charge on any atom is 0.407 e. The van der Waals surface area contributed by atoms with E-state index < -0.39 is 42.4 Å². The number of hydrogen-bond acceptors (Lipinski definition) is 4. The predicted molar refractivity (Wildman–Crippen MR) is 115 cm³/mol. The molecule has 0 radical (unpaired) electrons. The molecule has 9 heteroatoms. The van der Waals surface area contributed by atoms with Crippen LogP contribution in [0.2, 0.25) is 0 Å². The number of halogens is 2. The number of carboxylic acids is 1. The first-order valence-corrected chi connectivity index (χ1v) is 10.8. The van der Waals surface area contributed by atoms with E-state index >= 15 is 0 Å². The van der Waals surface area contributed by atoms with E-state index in [0.717, 1.165) is 22.3 Å². The topological polar surface area (TPSA) is 105 Å². The molecule has 2 atom stereocenters. The number of hydrogen-bond donors (Lipinski definition) is 3. The average Bonchev–Trinajstić information content (AvgIpc) is 3.39. The Morgan fingerprint density at radius 3 is 2.18 bits per heavy atom. The van der Waals surface area contributed by atoms with Crippen LogP contribution < -0.4 is 10.6 Å². The van der Waals surface area contributed by atoms with E-state index in [0.29, 0.717) is 12.8 Å². The van der Waals surface area contributed by atoms with Gasteiger partial charge in [-0.3, -0.25) is 9.59 Å². The third kappa shape index (κ3) is 4.81. The largest absolute Gasteiger partial charge is 0.481 e. The molecule has 2 aliphatic rings. The Kier molecular flexibility index (Phi) is 6.31. The number of carbonyl (C=O) groups excluding carboxylic acids is 2. The maximum absolute atomic E-state index is 14.2. The van der Waals surface area contributed by atoms with Crippen molar-refractivity contribution in [2.75, 3.05) is 13.2 Å². The molecule has 0 aromatic heterocycles. The van der Waals surface area contributed by atoms with Gasteiger partial charge in [0.2, 0.25) is 0 Å². The number of benzene rings is 2. The molecule has 0 aliphatic heterocycles. The molecule has 174 valence electrons.